The second-order valence-electron chi connectivity index (χ2n) is 12.0. The number of nitrogens with zero attached hydrogens (tertiary/aromatic N) is 1. The predicted octanol–water partition coefficient (Wildman–Crippen LogP) is 6.44. The van der Waals surface area contributed by atoms with Gasteiger partial charge in [-0.05, 0) is 50.1 Å². The van der Waals surface area contributed by atoms with Crippen LogP contribution in [-0.2, 0) is 4.79 Å². The Morgan fingerprint density at radius 2 is 1.32 bits per heavy atom. The zero-order chi connectivity index (χ0) is 20.4. The molecule has 0 aromatic carbocycles. The normalized spacial score (nSPS) is 16.9. The molecule has 0 rings (SSSR count). The number of rotatable bonds is 8. The third kappa shape index (κ3) is 7.41. The van der Waals surface area contributed by atoms with Crippen molar-refractivity contribution in [2.45, 2.75) is 101 Å². The zero-order valence-electron chi connectivity index (χ0n) is 19.6. The first-order valence-electron chi connectivity index (χ1n) is 10.0. The lowest BCUT2D eigenvalue weighted by Gasteiger charge is -2.44. The summed E-state index contributed by atoms with van der Waals surface area (Å²) in [5, 5.41) is 0. The number of Topliss-reactive ketones (excluding diaryl/α,β-unsaturated/α-hetero) is 1. The third-order valence-corrected chi connectivity index (χ3v) is 6.05. The highest BCUT2D eigenvalue weighted by Gasteiger charge is 2.41. The molecular weight excluding hydrogens is 306 g/mol. The van der Waals surface area contributed by atoms with Gasteiger partial charge in [0.15, 0.2) is 0 Å². The summed E-state index contributed by atoms with van der Waals surface area (Å²) in [6, 6.07) is 0.543. The van der Waals surface area contributed by atoms with E-state index in [0.29, 0.717) is 23.2 Å². The van der Waals surface area contributed by atoms with Crippen LogP contribution in [0.25, 0.3) is 0 Å². The molecule has 2 nitrogen and oxygen atoms in total. The minimum atomic E-state index is -0.272. The molecule has 0 spiro atoms. The van der Waals surface area contributed by atoms with Gasteiger partial charge in [0.05, 0.1) is 0 Å². The molecule has 0 N–H and O–H groups in total. The van der Waals surface area contributed by atoms with Gasteiger partial charge in [0.25, 0.3) is 0 Å². The van der Waals surface area contributed by atoms with Crippen molar-refractivity contribution in [3.63, 3.8) is 0 Å². The molecule has 150 valence electrons. The van der Waals surface area contributed by atoms with Crippen LogP contribution < -0.4 is 0 Å². The van der Waals surface area contributed by atoms with Gasteiger partial charge in [0.1, 0.15) is 5.78 Å². The number of hydrogen-bond acceptors (Lipinski definition) is 2. The van der Waals surface area contributed by atoms with E-state index in [0.717, 1.165) is 12.8 Å². The molecule has 0 saturated carbocycles. The molecule has 2 atom stereocenters. The molecule has 0 heterocycles. The molecule has 0 aliphatic heterocycles. The van der Waals surface area contributed by atoms with Gasteiger partial charge in [-0.3, -0.25) is 4.79 Å². The molecule has 2 heteroatoms. The summed E-state index contributed by atoms with van der Waals surface area (Å²) in [5.41, 5.74) is 0.00283. The summed E-state index contributed by atoms with van der Waals surface area (Å²) in [6.07, 6.45) is 3.43. The fourth-order valence-electron chi connectivity index (χ4n) is 4.04. The molecule has 0 saturated heterocycles. The largest absolute Gasteiger partial charge is 0.306 e. The summed E-state index contributed by atoms with van der Waals surface area (Å²) in [4.78, 5) is 15.3. The average molecular weight is 354 g/mol. The number of ketones is 1. The smallest absolute Gasteiger partial charge is 0.144 e. The van der Waals surface area contributed by atoms with E-state index in [9.17, 15) is 4.79 Å². The van der Waals surface area contributed by atoms with E-state index in [2.05, 4.69) is 74.4 Å². The summed E-state index contributed by atoms with van der Waals surface area (Å²) in [7, 11) is 4.41. The Morgan fingerprint density at radius 1 is 0.880 bits per heavy atom. The SMILES string of the molecule is CC(CCC(C)(C)C(CC(C)(C)C)N(C)C)C(C)(C)C(=O)C(C)(C)C. The fraction of sp³-hybridized carbons (Fsp3) is 0.957. The first kappa shape index (κ1) is 24.6. The van der Waals surface area contributed by atoms with Crippen LogP contribution in [0.1, 0.15) is 95.4 Å². The van der Waals surface area contributed by atoms with E-state index in [-0.39, 0.29) is 16.2 Å². The highest BCUT2D eigenvalue weighted by molar-refractivity contribution is 5.88. The van der Waals surface area contributed by atoms with E-state index < -0.39 is 0 Å². The van der Waals surface area contributed by atoms with Gasteiger partial charge in [-0.15, -0.1) is 0 Å². The van der Waals surface area contributed by atoms with Crippen LogP contribution in [0, 0.1) is 27.6 Å². The lowest BCUT2D eigenvalue weighted by Crippen LogP contribution is -2.44. The monoisotopic (exact) mass is 353 g/mol. The maximum Gasteiger partial charge on any atom is 0.144 e. The minimum absolute atomic E-state index is 0.228. The molecule has 0 aliphatic rings. The molecule has 0 aliphatic carbocycles. The summed E-state index contributed by atoms with van der Waals surface area (Å²) >= 11 is 0. The van der Waals surface area contributed by atoms with Crippen LogP contribution >= 0.6 is 0 Å². The van der Waals surface area contributed by atoms with E-state index in [1.807, 2.05) is 20.8 Å². The average Bonchev–Trinajstić information content (AvgIpc) is 2.38. The lowest BCUT2D eigenvalue weighted by atomic mass is 9.65. The number of hydrogen-bond donors (Lipinski definition) is 0. The summed E-state index contributed by atoms with van der Waals surface area (Å²) in [5.74, 6) is 0.764. The van der Waals surface area contributed by atoms with E-state index in [1.54, 1.807) is 0 Å². The van der Waals surface area contributed by atoms with Crippen LogP contribution in [0.4, 0.5) is 0 Å². The van der Waals surface area contributed by atoms with Crippen molar-refractivity contribution in [2.75, 3.05) is 14.1 Å². The van der Waals surface area contributed by atoms with Crippen LogP contribution in [0.15, 0.2) is 0 Å². The fourth-order valence-corrected chi connectivity index (χ4v) is 4.04. The van der Waals surface area contributed by atoms with Crippen LogP contribution in [-0.4, -0.2) is 30.8 Å². The lowest BCUT2D eigenvalue weighted by molar-refractivity contribution is -0.137. The minimum Gasteiger partial charge on any atom is -0.306 e. The Balaban J connectivity index is 5.15. The van der Waals surface area contributed by atoms with Crippen molar-refractivity contribution >= 4 is 5.78 Å². The topological polar surface area (TPSA) is 20.3 Å². The quantitative estimate of drug-likeness (QED) is 0.500. The molecule has 0 bridgehead atoms. The van der Waals surface area contributed by atoms with Crippen LogP contribution in [0.3, 0.4) is 0 Å². The second-order valence-corrected chi connectivity index (χ2v) is 12.0. The molecule has 0 radical (unpaired) electrons. The Kier molecular flexibility index (Phi) is 7.99. The summed E-state index contributed by atoms with van der Waals surface area (Å²) in [6.45, 7) is 24.4. The molecule has 0 aromatic heterocycles. The molecule has 0 fully saturated rings. The maximum absolute atomic E-state index is 12.9. The number of carbonyl (C=O) groups is 1. The van der Waals surface area contributed by atoms with Gasteiger partial charge in [0.2, 0.25) is 0 Å². The zero-order valence-corrected chi connectivity index (χ0v) is 19.6. The Morgan fingerprint density at radius 3 is 1.64 bits per heavy atom. The standard InChI is InChI=1S/C23H47NO/c1-17(23(10,11)19(25)21(5,6)7)14-15-22(8,9)18(24(12)13)16-20(2,3)4/h17-18H,14-16H2,1-13H3. The van der Waals surface area contributed by atoms with E-state index in [4.69, 9.17) is 0 Å². The van der Waals surface area contributed by atoms with Gasteiger partial charge in [-0.25, -0.2) is 0 Å². The molecule has 0 aromatic rings. The number of carbonyl (C=O) groups excluding carboxylic acids is 1. The second kappa shape index (κ2) is 8.11. The van der Waals surface area contributed by atoms with Crippen molar-refractivity contribution in [1.29, 1.82) is 0 Å². The third-order valence-electron chi connectivity index (χ3n) is 6.05. The van der Waals surface area contributed by atoms with Crippen molar-refractivity contribution in [3.8, 4) is 0 Å². The summed E-state index contributed by atoms with van der Waals surface area (Å²) < 4.78 is 0. The van der Waals surface area contributed by atoms with Gasteiger partial charge in [0, 0.05) is 16.9 Å². The highest BCUT2D eigenvalue weighted by atomic mass is 16.1. The molecular formula is C23H47NO. The van der Waals surface area contributed by atoms with Crippen LogP contribution in [0.2, 0.25) is 0 Å². The first-order chi connectivity index (χ1) is 10.8. The Hall–Kier alpha value is -0.370. The van der Waals surface area contributed by atoms with Crippen molar-refractivity contribution < 1.29 is 4.79 Å². The Bertz CT molecular complexity index is 432. The van der Waals surface area contributed by atoms with Gasteiger partial charge in [-0.2, -0.15) is 0 Å². The maximum atomic E-state index is 12.9. The van der Waals surface area contributed by atoms with Gasteiger partial charge >= 0.3 is 0 Å². The van der Waals surface area contributed by atoms with E-state index >= 15 is 0 Å². The van der Waals surface area contributed by atoms with E-state index in [1.165, 1.54) is 6.42 Å². The predicted molar refractivity (Wildman–Crippen MR) is 112 cm³/mol. The van der Waals surface area contributed by atoms with Crippen molar-refractivity contribution in [3.05, 3.63) is 0 Å². The Labute approximate surface area is 159 Å². The van der Waals surface area contributed by atoms with Crippen LogP contribution in [0.5, 0.6) is 0 Å². The molecule has 2 unspecified atom stereocenters. The van der Waals surface area contributed by atoms with Gasteiger partial charge < -0.3 is 4.90 Å². The first-order valence-corrected chi connectivity index (χ1v) is 10.0. The van der Waals surface area contributed by atoms with Crippen molar-refractivity contribution in [2.24, 2.45) is 27.6 Å². The molecule has 0 amide bonds. The van der Waals surface area contributed by atoms with Crippen molar-refractivity contribution in [1.82, 2.24) is 4.90 Å². The molecule has 25 heavy (non-hydrogen) atoms. The highest BCUT2D eigenvalue weighted by Crippen LogP contribution is 2.42. The van der Waals surface area contributed by atoms with Gasteiger partial charge in [-0.1, -0.05) is 76.2 Å².